The van der Waals surface area contributed by atoms with Crippen molar-refractivity contribution in [2.45, 2.75) is 59.2 Å². The quantitative estimate of drug-likeness (QED) is 0.790. The van der Waals surface area contributed by atoms with E-state index in [9.17, 15) is 4.79 Å². The van der Waals surface area contributed by atoms with Crippen LogP contribution >= 0.6 is 0 Å². The second-order valence-corrected chi connectivity index (χ2v) is 7.61. The highest BCUT2D eigenvalue weighted by atomic mass is 16.5. The maximum Gasteiger partial charge on any atom is 0.310 e. The van der Waals surface area contributed by atoms with E-state index in [1.165, 1.54) is 5.56 Å². The highest BCUT2D eigenvalue weighted by molar-refractivity contribution is 5.74. The molecule has 0 radical (unpaired) electrons. The van der Waals surface area contributed by atoms with E-state index >= 15 is 0 Å². The Morgan fingerprint density at radius 1 is 1.30 bits per heavy atom. The number of hydrogen-bond acceptors (Lipinski definition) is 3. The van der Waals surface area contributed by atoms with Crippen molar-refractivity contribution in [1.29, 1.82) is 0 Å². The van der Waals surface area contributed by atoms with Gasteiger partial charge in [0.25, 0.3) is 0 Å². The summed E-state index contributed by atoms with van der Waals surface area (Å²) in [5.41, 5.74) is 1.51. The average molecular weight is 315 g/mol. The minimum absolute atomic E-state index is 0.000543. The molecule has 0 spiro atoms. The number of rotatable bonds is 4. The van der Waals surface area contributed by atoms with Gasteiger partial charge in [0.1, 0.15) is 0 Å². The Bertz CT molecular complexity index is 558. The molecule has 0 N–H and O–H groups in total. The fraction of sp³-hybridized carbons (Fsp3) is 0.650. The molecule has 5 unspecified atom stereocenters. The summed E-state index contributed by atoms with van der Waals surface area (Å²) in [5, 5.41) is 0. The number of esters is 1. The van der Waals surface area contributed by atoms with E-state index in [0.29, 0.717) is 24.6 Å². The van der Waals surface area contributed by atoms with Crippen LogP contribution in [0.2, 0.25) is 0 Å². The van der Waals surface area contributed by atoms with Crippen LogP contribution in [0.25, 0.3) is 0 Å². The van der Waals surface area contributed by atoms with E-state index in [0.717, 1.165) is 19.4 Å². The van der Waals surface area contributed by atoms with Crippen LogP contribution < -0.4 is 0 Å². The van der Waals surface area contributed by atoms with Crippen molar-refractivity contribution in [3.63, 3.8) is 0 Å². The molecule has 5 atom stereocenters. The molecule has 1 aromatic carbocycles. The molecular weight excluding hydrogens is 286 g/mol. The van der Waals surface area contributed by atoms with Crippen LogP contribution in [0.5, 0.6) is 0 Å². The second-order valence-electron chi connectivity index (χ2n) is 7.61. The molecule has 3 fully saturated rings. The van der Waals surface area contributed by atoms with E-state index in [1.54, 1.807) is 0 Å². The third kappa shape index (κ3) is 2.80. The van der Waals surface area contributed by atoms with Gasteiger partial charge in [-0.15, -0.1) is 0 Å². The van der Waals surface area contributed by atoms with E-state index < -0.39 is 0 Å². The Morgan fingerprint density at radius 3 is 2.65 bits per heavy atom. The Hall–Kier alpha value is -1.35. The van der Waals surface area contributed by atoms with Gasteiger partial charge in [-0.25, -0.2) is 0 Å². The number of nitrogens with zero attached hydrogens (tertiary/aromatic N) is 1. The first-order valence-electron chi connectivity index (χ1n) is 8.93. The summed E-state index contributed by atoms with van der Waals surface area (Å²) >= 11 is 0. The van der Waals surface area contributed by atoms with Crippen LogP contribution in [0.15, 0.2) is 30.3 Å². The summed E-state index contributed by atoms with van der Waals surface area (Å²) in [6.45, 7) is 10.3. The lowest BCUT2D eigenvalue weighted by atomic mass is 9.55. The zero-order chi connectivity index (χ0) is 16.6. The van der Waals surface area contributed by atoms with Gasteiger partial charge in [-0.05, 0) is 43.6 Å². The first-order valence-corrected chi connectivity index (χ1v) is 8.93. The van der Waals surface area contributed by atoms with Gasteiger partial charge in [0.2, 0.25) is 0 Å². The SMILES string of the molecule is CCOC(=O)C1CC2(C)C(C)CC1N(Cc1ccccc1)C2C. The van der Waals surface area contributed by atoms with Crippen LogP contribution in [0.3, 0.4) is 0 Å². The summed E-state index contributed by atoms with van der Waals surface area (Å²) in [5.74, 6) is 0.678. The van der Waals surface area contributed by atoms with Crippen molar-refractivity contribution in [2.75, 3.05) is 6.61 Å². The molecule has 2 bridgehead atoms. The topological polar surface area (TPSA) is 29.5 Å². The maximum absolute atomic E-state index is 12.5. The van der Waals surface area contributed by atoms with Gasteiger partial charge < -0.3 is 4.74 Å². The van der Waals surface area contributed by atoms with Gasteiger partial charge in [0.05, 0.1) is 12.5 Å². The average Bonchev–Trinajstić information content (AvgIpc) is 2.54. The summed E-state index contributed by atoms with van der Waals surface area (Å²) < 4.78 is 5.38. The maximum atomic E-state index is 12.5. The van der Waals surface area contributed by atoms with Gasteiger partial charge in [-0.1, -0.05) is 44.2 Å². The molecule has 0 aromatic heterocycles. The largest absolute Gasteiger partial charge is 0.466 e. The smallest absolute Gasteiger partial charge is 0.310 e. The first kappa shape index (κ1) is 16.5. The van der Waals surface area contributed by atoms with Crippen LogP contribution in [0.1, 0.15) is 46.1 Å². The number of ether oxygens (including phenoxy) is 1. The first-order chi connectivity index (χ1) is 11.0. The molecule has 126 valence electrons. The summed E-state index contributed by atoms with van der Waals surface area (Å²) in [6.07, 6.45) is 2.06. The Labute approximate surface area is 140 Å². The minimum Gasteiger partial charge on any atom is -0.466 e. The van der Waals surface area contributed by atoms with Crippen LogP contribution in [-0.2, 0) is 16.1 Å². The fourth-order valence-corrected chi connectivity index (χ4v) is 4.76. The second kappa shape index (κ2) is 6.27. The van der Waals surface area contributed by atoms with Crippen molar-refractivity contribution in [2.24, 2.45) is 17.3 Å². The third-order valence-electron chi connectivity index (χ3n) is 6.52. The molecule has 0 amide bonds. The zero-order valence-corrected chi connectivity index (χ0v) is 14.8. The molecule has 3 heteroatoms. The van der Waals surface area contributed by atoms with Gasteiger partial charge >= 0.3 is 5.97 Å². The Morgan fingerprint density at radius 2 is 2.00 bits per heavy atom. The van der Waals surface area contributed by atoms with Crippen LogP contribution in [0.4, 0.5) is 0 Å². The molecule has 1 saturated carbocycles. The number of carbonyl (C=O) groups is 1. The number of benzene rings is 1. The molecule has 2 aliphatic heterocycles. The monoisotopic (exact) mass is 315 g/mol. The van der Waals surface area contributed by atoms with Crippen LogP contribution in [0, 0.1) is 17.3 Å². The standard InChI is InChI=1S/C20H29NO2/c1-5-23-19(22)17-12-20(4)14(2)11-18(17)21(15(20)3)13-16-9-7-6-8-10-16/h6-10,14-15,17-18H,5,11-13H2,1-4H3. The van der Waals surface area contributed by atoms with Crippen LogP contribution in [-0.4, -0.2) is 29.6 Å². The highest BCUT2D eigenvalue weighted by Crippen LogP contribution is 2.54. The van der Waals surface area contributed by atoms with Gasteiger partial charge in [0.15, 0.2) is 0 Å². The number of carbonyl (C=O) groups excluding carboxylic acids is 1. The van der Waals surface area contributed by atoms with E-state index in [1.807, 2.05) is 6.92 Å². The molecular formula is C20H29NO2. The Balaban J connectivity index is 1.88. The molecule has 2 saturated heterocycles. The van der Waals surface area contributed by atoms with Gasteiger partial charge in [0, 0.05) is 18.6 Å². The van der Waals surface area contributed by atoms with Crippen molar-refractivity contribution in [3.8, 4) is 0 Å². The molecule has 4 rings (SSSR count). The number of hydrogen-bond donors (Lipinski definition) is 0. The molecule has 23 heavy (non-hydrogen) atoms. The number of fused-ring (bicyclic) bond motifs is 3. The van der Waals surface area contributed by atoms with Crippen molar-refractivity contribution in [1.82, 2.24) is 4.90 Å². The van der Waals surface area contributed by atoms with Gasteiger partial charge in [-0.2, -0.15) is 0 Å². The number of piperidine rings is 2. The van der Waals surface area contributed by atoms with Gasteiger partial charge in [-0.3, -0.25) is 9.69 Å². The molecule has 1 aliphatic carbocycles. The summed E-state index contributed by atoms with van der Waals surface area (Å²) in [6, 6.07) is 11.4. The lowest BCUT2D eigenvalue weighted by Crippen LogP contribution is -2.66. The minimum atomic E-state index is 0.000543. The predicted octanol–water partition coefficient (Wildman–Crippen LogP) is 3.87. The lowest BCUT2D eigenvalue weighted by Gasteiger charge is -2.62. The van der Waals surface area contributed by atoms with E-state index in [-0.39, 0.29) is 17.3 Å². The molecule has 2 heterocycles. The zero-order valence-electron chi connectivity index (χ0n) is 14.8. The van der Waals surface area contributed by atoms with E-state index in [2.05, 4.69) is 56.0 Å². The van der Waals surface area contributed by atoms with E-state index in [4.69, 9.17) is 4.74 Å². The Kier molecular flexibility index (Phi) is 4.50. The fourth-order valence-electron chi connectivity index (χ4n) is 4.76. The predicted molar refractivity (Wildman–Crippen MR) is 91.9 cm³/mol. The molecule has 3 aliphatic rings. The summed E-state index contributed by atoms with van der Waals surface area (Å²) in [4.78, 5) is 15.0. The lowest BCUT2D eigenvalue weighted by molar-refractivity contribution is -0.175. The van der Waals surface area contributed by atoms with Crippen molar-refractivity contribution in [3.05, 3.63) is 35.9 Å². The molecule has 3 nitrogen and oxygen atoms in total. The van der Waals surface area contributed by atoms with Crippen molar-refractivity contribution < 1.29 is 9.53 Å². The molecule has 1 aromatic rings. The van der Waals surface area contributed by atoms with Crippen molar-refractivity contribution >= 4 is 5.97 Å². The third-order valence-corrected chi connectivity index (χ3v) is 6.52. The summed E-state index contributed by atoms with van der Waals surface area (Å²) in [7, 11) is 0. The highest BCUT2D eigenvalue weighted by Gasteiger charge is 2.57. The normalized spacial score (nSPS) is 36.9.